The third kappa shape index (κ3) is 2.95. The highest BCUT2D eigenvalue weighted by molar-refractivity contribution is 6.08. The van der Waals surface area contributed by atoms with E-state index in [1.54, 1.807) is 7.11 Å². The average molecular weight is 302 g/mol. The summed E-state index contributed by atoms with van der Waals surface area (Å²) in [5.74, 6) is -0.607. The molecule has 0 saturated heterocycles. The van der Waals surface area contributed by atoms with E-state index in [2.05, 4.69) is 5.32 Å². The Labute approximate surface area is 128 Å². The number of aryl methyl sites for hydroxylation is 1. The molecule has 1 amide bonds. The minimum atomic E-state index is -1.04. The lowest BCUT2D eigenvalue weighted by atomic mass is 10.1. The lowest BCUT2D eigenvalue weighted by Crippen LogP contribution is -2.24. The Balaban J connectivity index is 2.35. The Morgan fingerprint density at radius 2 is 2.14 bits per heavy atom. The van der Waals surface area contributed by atoms with Crippen molar-refractivity contribution in [2.75, 3.05) is 13.7 Å². The summed E-state index contributed by atoms with van der Waals surface area (Å²) in [5.41, 5.74) is 2.34. The van der Waals surface area contributed by atoms with Gasteiger partial charge in [0.05, 0.1) is 12.7 Å². The first-order valence-electron chi connectivity index (χ1n) is 6.76. The third-order valence-corrected chi connectivity index (χ3v) is 3.57. The van der Waals surface area contributed by atoms with Crippen LogP contribution in [0.25, 0.3) is 10.9 Å². The van der Waals surface area contributed by atoms with Gasteiger partial charge in [0.1, 0.15) is 5.75 Å². The second-order valence-corrected chi connectivity index (χ2v) is 4.85. The topological polar surface area (TPSA) is 80.6 Å². The number of nitrogens with one attached hydrogen (secondary N) is 1. The molecule has 0 unspecified atom stereocenters. The molecule has 22 heavy (non-hydrogen) atoms. The Kier molecular flexibility index (Phi) is 4.50. The van der Waals surface area contributed by atoms with Crippen molar-refractivity contribution < 1.29 is 19.4 Å². The number of rotatable bonds is 5. The van der Waals surface area contributed by atoms with E-state index in [-0.39, 0.29) is 12.5 Å². The first-order valence-corrected chi connectivity index (χ1v) is 6.76. The van der Waals surface area contributed by atoms with Crippen molar-refractivity contribution in [3.63, 3.8) is 0 Å². The summed E-state index contributed by atoms with van der Waals surface area (Å²) in [6, 6.07) is 5.58. The highest BCUT2D eigenvalue weighted by Crippen LogP contribution is 2.28. The van der Waals surface area contributed by atoms with Crippen LogP contribution in [0.1, 0.15) is 16.1 Å². The number of hydrogen-bond acceptors (Lipinski definition) is 3. The van der Waals surface area contributed by atoms with E-state index in [1.165, 1.54) is 6.08 Å². The molecule has 0 radical (unpaired) electrons. The first kappa shape index (κ1) is 15.6. The van der Waals surface area contributed by atoms with Crippen LogP contribution in [-0.2, 0) is 11.8 Å². The van der Waals surface area contributed by atoms with E-state index in [1.807, 2.05) is 36.7 Å². The molecular formula is C16H18N2O4. The molecule has 2 aromatic rings. The number of fused-ring (bicyclic) bond motifs is 1. The Hall–Kier alpha value is -2.76. The fourth-order valence-corrected chi connectivity index (χ4v) is 2.36. The van der Waals surface area contributed by atoms with Crippen molar-refractivity contribution in [2.45, 2.75) is 6.92 Å². The molecule has 0 saturated carbocycles. The number of ether oxygens (including phenoxy) is 1. The molecule has 0 aliphatic rings. The summed E-state index contributed by atoms with van der Waals surface area (Å²) in [7, 11) is 3.47. The maximum absolute atomic E-state index is 12.4. The summed E-state index contributed by atoms with van der Waals surface area (Å²) >= 11 is 0. The van der Waals surface area contributed by atoms with Crippen LogP contribution in [-0.4, -0.2) is 35.2 Å². The van der Waals surface area contributed by atoms with Gasteiger partial charge in [0.25, 0.3) is 5.91 Å². The van der Waals surface area contributed by atoms with E-state index >= 15 is 0 Å². The van der Waals surface area contributed by atoms with Gasteiger partial charge in [-0.3, -0.25) is 4.79 Å². The van der Waals surface area contributed by atoms with Crippen LogP contribution in [0.2, 0.25) is 0 Å². The first-order chi connectivity index (χ1) is 10.5. The number of carboxylic acid groups (broad SMARTS) is 1. The molecule has 6 nitrogen and oxygen atoms in total. The van der Waals surface area contributed by atoms with Crippen LogP contribution in [0.4, 0.5) is 0 Å². The zero-order valence-electron chi connectivity index (χ0n) is 12.7. The molecule has 0 aliphatic carbocycles. The third-order valence-electron chi connectivity index (χ3n) is 3.57. The van der Waals surface area contributed by atoms with Crippen molar-refractivity contribution in [1.29, 1.82) is 0 Å². The van der Waals surface area contributed by atoms with Gasteiger partial charge in [0.15, 0.2) is 0 Å². The van der Waals surface area contributed by atoms with E-state index in [0.717, 1.165) is 22.7 Å². The molecule has 0 aliphatic heterocycles. The fraction of sp³-hybridized carbons (Fsp3) is 0.250. The number of carbonyl (C=O) groups is 2. The summed E-state index contributed by atoms with van der Waals surface area (Å²) in [6.07, 6.45) is 2.39. The molecule has 1 heterocycles. The molecule has 116 valence electrons. The van der Waals surface area contributed by atoms with Crippen molar-refractivity contribution in [3.05, 3.63) is 41.6 Å². The van der Waals surface area contributed by atoms with Gasteiger partial charge >= 0.3 is 5.97 Å². The standard InChI is InChI=1S/C16H18N2O4/c1-10-15(16(21)17-8-4-5-14(19)20)12-9-11(22-3)6-7-13(12)18(10)2/h4-7,9H,8H2,1-3H3,(H,17,21)(H,19,20)/b5-4+. The molecule has 1 aromatic carbocycles. The van der Waals surface area contributed by atoms with Crippen LogP contribution in [0.15, 0.2) is 30.4 Å². The van der Waals surface area contributed by atoms with E-state index < -0.39 is 5.97 Å². The second kappa shape index (κ2) is 6.34. The number of carbonyl (C=O) groups excluding carboxylic acids is 1. The van der Waals surface area contributed by atoms with E-state index in [4.69, 9.17) is 9.84 Å². The molecule has 0 spiro atoms. The second-order valence-electron chi connectivity index (χ2n) is 4.85. The van der Waals surface area contributed by atoms with Crippen LogP contribution in [0.3, 0.4) is 0 Å². The zero-order valence-corrected chi connectivity index (χ0v) is 12.7. The van der Waals surface area contributed by atoms with Gasteiger partial charge in [-0.1, -0.05) is 6.08 Å². The molecule has 2 N–H and O–H groups in total. The van der Waals surface area contributed by atoms with Gasteiger partial charge in [-0.25, -0.2) is 4.79 Å². The normalized spacial score (nSPS) is 11.0. The SMILES string of the molecule is COc1ccc2c(c1)c(C(=O)NC/C=C/C(=O)O)c(C)n2C. The van der Waals surface area contributed by atoms with Crippen molar-refractivity contribution in [1.82, 2.24) is 9.88 Å². The predicted octanol–water partition coefficient (Wildman–Crippen LogP) is 1.87. The minimum Gasteiger partial charge on any atom is -0.497 e. The van der Waals surface area contributed by atoms with Crippen molar-refractivity contribution in [3.8, 4) is 5.75 Å². The number of carboxylic acids is 1. The molecule has 0 atom stereocenters. The molecule has 0 bridgehead atoms. The quantitative estimate of drug-likeness (QED) is 0.826. The highest BCUT2D eigenvalue weighted by Gasteiger charge is 2.18. The van der Waals surface area contributed by atoms with Crippen LogP contribution in [0, 0.1) is 6.92 Å². The highest BCUT2D eigenvalue weighted by atomic mass is 16.5. The summed E-state index contributed by atoms with van der Waals surface area (Å²) in [5, 5.41) is 12.0. The Morgan fingerprint density at radius 3 is 2.77 bits per heavy atom. The molecule has 1 aromatic heterocycles. The van der Waals surface area contributed by atoms with Gasteiger partial charge in [-0.05, 0) is 25.1 Å². The lowest BCUT2D eigenvalue weighted by molar-refractivity contribution is -0.131. The van der Waals surface area contributed by atoms with Crippen molar-refractivity contribution >= 4 is 22.8 Å². The van der Waals surface area contributed by atoms with Crippen LogP contribution >= 0.6 is 0 Å². The summed E-state index contributed by atoms with van der Waals surface area (Å²) < 4.78 is 7.15. The Bertz CT molecular complexity index is 759. The smallest absolute Gasteiger partial charge is 0.328 e. The lowest BCUT2D eigenvalue weighted by Gasteiger charge is -2.04. The van der Waals surface area contributed by atoms with Gasteiger partial charge in [0, 0.05) is 36.3 Å². The van der Waals surface area contributed by atoms with Crippen molar-refractivity contribution in [2.24, 2.45) is 7.05 Å². The molecule has 2 rings (SSSR count). The van der Waals surface area contributed by atoms with Gasteiger partial charge in [-0.2, -0.15) is 0 Å². The van der Waals surface area contributed by atoms with Gasteiger partial charge < -0.3 is 19.7 Å². The molecule has 0 fully saturated rings. The Morgan fingerprint density at radius 1 is 1.41 bits per heavy atom. The molecule has 6 heteroatoms. The number of hydrogen-bond donors (Lipinski definition) is 2. The predicted molar refractivity (Wildman–Crippen MR) is 83.3 cm³/mol. The number of aromatic nitrogens is 1. The number of amides is 1. The minimum absolute atomic E-state index is 0.158. The number of methoxy groups -OCH3 is 1. The largest absolute Gasteiger partial charge is 0.497 e. The summed E-state index contributed by atoms with van der Waals surface area (Å²) in [6.45, 7) is 2.03. The monoisotopic (exact) mass is 302 g/mol. The maximum atomic E-state index is 12.4. The maximum Gasteiger partial charge on any atom is 0.328 e. The fourth-order valence-electron chi connectivity index (χ4n) is 2.36. The number of aliphatic carboxylic acids is 1. The average Bonchev–Trinajstić information content (AvgIpc) is 2.74. The van der Waals surface area contributed by atoms with Gasteiger partial charge in [-0.15, -0.1) is 0 Å². The zero-order chi connectivity index (χ0) is 16.3. The van der Waals surface area contributed by atoms with E-state index in [0.29, 0.717) is 11.3 Å². The molecular weight excluding hydrogens is 284 g/mol. The van der Waals surface area contributed by atoms with Crippen LogP contribution < -0.4 is 10.1 Å². The van der Waals surface area contributed by atoms with E-state index in [9.17, 15) is 9.59 Å². The number of benzene rings is 1. The van der Waals surface area contributed by atoms with Gasteiger partial charge in [0.2, 0.25) is 0 Å². The summed E-state index contributed by atoms with van der Waals surface area (Å²) in [4.78, 5) is 22.8. The van der Waals surface area contributed by atoms with Crippen LogP contribution in [0.5, 0.6) is 5.75 Å². The number of nitrogens with zero attached hydrogens (tertiary/aromatic N) is 1.